The summed E-state index contributed by atoms with van der Waals surface area (Å²) in [6.45, 7) is 3.85. The van der Waals surface area contributed by atoms with E-state index in [4.69, 9.17) is 5.73 Å². The molecule has 0 spiro atoms. The second-order valence-corrected chi connectivity index (χ2v) is 5.01. The summed E-state index contributed by atoms with van der Waals surface area (Å²) < 4.78 is 0. The van der Waals surface area contributed by atoms with E-state index in [0.717, 1.165) is 12.8 Å². The number of nitrogens with two attached hydrogens (primary N) is 1. The van der Waals surface area contributed by atoms with Crippen LogP contribution in [-0.4, -0.2) is 16.4 Å². The summed E-state index contributed by atoms with van der Waals surface area (Å²) >= 11 is 1.25. The van der Waals surface area contributed by atoms with E-state index in [1.165, 1.54) is 11.3 Å². The first-order valence-electron chi connectivity index (χ1n) is 4.56. The first-order chi connectivity index (χ1) is 6.50. The van der Waals surface area contributed by atoms with Crippen molar-refractivity contribution in [1.29, 1.82) is 0 Å². The molecule has 0 unspecified atom stereocenters. The van der Waals surface area contributed by atoms with Gasteiger partial charge in [-0.3, -0.25) is 4.79 Å². The van der Waals surface area contributed by atoms with Crippen LogP contribution >= 0.6 is 11.3 Å². The van der Waals surface area contributed by atoms with Gasteiger partial charge in [0.1, 0.15) is 4.88 Å². The lowest BCUT2D eigenvalue weighted by Gasteiger charge is -2.09. The van der Waals surface area contributed by atoms with Crippen molar-refractivity contribution in [2.75, 3.05) is 5.73 Å². The maximum absolute atomic E-state index is 11.7. The van der Waals surface area contributed by atoms with Crippen LogP contribution in [0.2, 0.25) is 0 Å². The zero-order valence-electron chi connectivity index (χ0n) is 8.26. The summed E-state index contributed by atoms with van der Waals surface area (Å²) in [5.74, 6) is -0.0447. The van der Waals surface area contributed by atoms with E-state index in [1.807, 2.05) is 6.92 Å². The molecule has 2 rings (SSSR count). The quantitative estimate of drug-likeness (QED) is 0.775. The van der Waals surface area contributed by atoms with Crippen LogP contribution < -0.4 is 11.1 Å². The molecule has 1 amide bonds. The Morgan fingerprint density at radius 3 is 2.71 bits per heavy atom. The van der Waals surface area contributed by atoms with E-state index in [2.05, 4.69) is 10.3 Å². The van der Waals surface area contributed by atoms with Gasteiger partial charge in [0.2, 0.25) is 0 Å². The van der Waals surface area contributed by atoms with Crippen LogP contribution in [0, 0.1) is 6.92 Å². The number of amides is 1. The maximum Gasteiger partial charge on any atom is 0.263 e. The zero-order chi connectivity index (χ0) is 10.3. The SMILES string of the molecule is Cc1nc(N)sc1C(=O)NC1(C)CC1. The molecule has 0 aliphatic heterocycles. The van der Waals surface area contributed by atoms with Gasteiger partial charge < -0.3 is 11.1 Å². The summed E-state index contributed by atoms with van der Waals surface area (Å²) in [5, 5.41) is 3.43. The number of hydrogen-bond acceptors (Lipinski definition) is 4. The Bertz CT molecular complexity index is 381. The standard InChI is InChI=1S/C9H13N3OS/c1-5-6(14-8(10)11-5)7(13)12-9(2)3-4-9/h3-4H2,1-2H3,(H2,10,11)(H,12,13). The topological polar surface area (TPSA) is 68.0 Å². The summed E-state index contributed by atoms with van der Waals surface area (Å²) in [6, 6.07) is 0. The number of nitrogens with zero attached hydrogens (tertiary/aromatic N) is 1. The van der Waals surface area contributed by atoms with Crippen LogP contribution in [0.15, 0.2) is 0 Å². The number of nitrogen functional groups attached to an aromatic ring is 1. The van der Waals surface area contributed by atoms with Crippen molar-refractivity contribution in [3.63, 3.8) is 0 Å². The van der Waals surface area contributed by atoms with Crippen molar-refractivity contribution < 1.29 is 4.79 Å². The summed E-state index contributed by atoms with van der Waals surface area (Å²) in [5.41, 5.74) is 6.26. The van der Waals surface area contributed by atoms with Crippen molar-refractivity contribution in [1.82, 2.24) is 10.3 Å². The second-order valence-electron chi connectivity index (χ2n) is 3.98. The van der Waals surface area contributed by atoms with E-state index in [1.54, 1.807) is 6.92 Å². The zero-order valence-corrected chi connectivity index (χ0v) is 9.07. The van der Waals surface area contributed by atoms with Gasteiger partial charge in [-0.1, -0.05) is 11.3 Å². The molecular formula is C9H13N3OS. The lowest BCUT2D eigenvalue weighted by atomic mass is 10.3. The molecule has 1 aliphatic rings. The van der Waals surface area contributed by atoms with Gasteiger partial charge in [-0.05, 0) is 26.7 Å². The Labute approximate surface area is 86.5 Å². The molecule has 0 bridgehead atoms. The van der Waals surface area contributed by atoms with Crippen molar-refractivity contribution in [2.45, 2.75) is 32.2 Å². The molecule has 4 nitrogen and oxygen atoms in total. The molecule has 5 heteroatoms. The van der Waals surface area contributed by atoms with Gasteiger partial charge in [0.25, 0.3) is 5.91 Å². The highest BCUT2D eigenvalue weighted by Gasteiger charge is 2.39. The predicted octanol–water partition coefficient (Wildman–Crippen LogP) is 1.32. The molecule has 1 fully saturated rings. The lowest BCUT2D eigenvalue weighted by molar-refractivity contribution is 0.0939. The molecule has 0 radical (unpaired) electrons. The van der Waals surface area contributed by atoms with Crippen molar-refractivity contribution in [2.24, 2.45) is 0 Å². The van der Waals surface area contributed by atoms with Crippen LogP contribution in [0.3, 0.4) is 0 Å². The van der Waals surface area contributed by atoms with Gasteiger partial charge in [-0.2, -0.15) is 0 Å². The van der Waals surface area contributed by atoms with E-state index >= 15 is 0 Å². The number of carbonyl (C=O) groups excluding carboxylic acids is 1. The van der Waals surface area contributed by atoms with Crippen LogP contribution in [0.1, 0.15) is 35.1 Å². The van der Waals surface area contributed by atoms with Gasteiger partial charge >= 0.3 is 0 Å². The molecule has 1 aromatic heterocycles. The molecular weight excluding hydrogens is 198 g/mol. The Kier molecular flexibility index (Phi) is 1.99. The van der Waals surface area contributed by atoms with Crippen molar-refractivity contribution >= 4 is 22.4 Å². The number of aromatic nitrogens is 1. The number of carbonyl (C=O) groups is 1. The Hall–Kier alpha value is -1.10. The summed E-state index contributed by atoms with van der Waals surface area (Å²) in [4.78, 5) is 16.4. The molecule has 3 N–H and O–H groups in total. The average Bonchev–Trinajstić information content (AvgIpc) is 2.68. The highest BCUT2D eigenvalue weighted by Crippen LogP contribution is 2.35. The van der Waals surface area contributed by atoms with Crippen molar-refractivity contribution in [3.05, 3.63) is 10.6 Å². The molecule has 1 saturated carbocycles. The number of anilines is 1. The molecule has 1 aliphatic carbocycles. The van der Waals surface area contributed by atoms with Gasteiger partial charge in [-0.25, -0.2) is 4.98 Å². The third kappa shape index (κ3) is 1.72. The van der Waals surface area contributed by atoms with Gasteiger partial charge in [0.15, 0.2) is 5.13 Å². The molecule has 0 saturated heterocycles. The summed E-state index contributed by atoms with van der Waals surface area (Å²) in [6.07, 6.45) is 2.12. The third-order valence-corrected chi connectivity index (χ3v) is 3.42. The highest BCUT2D eigenvalue weighted by atomic mass is 32.1. The third-order valence-electron chi connectivity index (χ3n) is 2.43. The average molecular weight is 211 g/mol. The molecule has 76 valence electrons. The Morgan fingerprint density at radius 2 is 2.29 bits per heavy atom. The van der Waals surface area contributed by atoms with Crippen LogP contribution in [0.5, 0.6) is 0 Å². The second kappa shape index (κ2) is 2.95. The fraction of sp³-hybridized carbons (Fsp3) is 0.556. The minimum absolute atomic E-state index is 0.0161. The number of hydrogen-bond donors (Lipinski definition) is 2. The molecule has 1 aromatic rings. The Balaban J connectivity index is 2.14. The Morgan fingerprint density at radius 1 is 1.64 bits per heavy atom. The van der Waals surface area contributed by atoms with E-state index in [-0.39, 0.29) is 11.4 Å². The highest BCUT2D eigenvalue weighted by molar-refractivity contribution is 7.17. The number of thiazole rings is 1. The van der Waals surface area contributed by atoms with Crippen molar-refractivity contribution in [3.8, 4) is 0 Å². The van der Waals surface area contributed by atoms with E-state index in [0.29, 0.717) is 15.7 Å². The van der Waals surface area contributed by atoms with Crippen LogP contribution in [0.25, 0.3) is 0 Å². The van der Waals surface area contributed by atoms with Crippen LogP contribution in [0.4, 0.5) is 5.13 Å². The monoisotopic (exact) mass is 211 g/mol. The summed E-state index contributed by atoms with van der Waals surface area (Å²) in [7, 11) is 0. The van der Waals surface area contributed by atoms with Gasteiger partial charge in [0, 0.05) is 5.54 Å². The van der Waals surface area contributed by atoms with Gasteiger partial charge in [-0.15, -0.1) is 0 Å². The smallest absolute Gasteiger partial charge is 0.263 e. The lowest BCUT2D eigenvalue weighted by Crippen LogP contribution is -2.34. The van der Waals surface area contributed by atoms with E-state index in [9.17, 15) is 4.79 Å². The largest absolute Gasteiger partial charge is 0.375 e. The minimum Gasteiger partial charge on any atom is -0.375 e. The number of aryl methyl sites for hydroxylation is 1. The van der Waals surface area contributed by atoms with E-state index < -0.39 is 0 Å². The normalized spacial score (nSPS) is 17.9. The predicted molar refractivity (Wildman–Crippen MR) is 56.4 cm³/mol. The first-order valence-corrected chi connectivity index (χ1v) is 5.37. The molecule has 14 heavy (non-hydrogen) atoms. The molecule has 0 atom stereocenters. The molecule has 1 heterocycles. The van der Waals surface area contributed by atoms with Crippen LogP contribution in [-0.2, 0) is 0 Å². The number of nitrogens with one attached hydrogen (secondary N) is 1. The minimum atomic E-state index is -0.0447. The maximum atomic E-state index is 11.7. The van der Waals surface area contributed by atoms with Gasteiger partial charge in [0.05, 0.1) is 5.69 Å². The molecule has 0 aromatic carbocycles. The fourth-order valence-electron chi connectivity index (χ4n) is 1.27. The number of rotatable bonds is 2. The fourth-order valence-corrected chi connectivity index (χ4v) is 2.00. The first kappa shape index (κ1) is 9.45.